The Hall–Kier alpha value is -1.35. The molecule has 106 valence electrons. The summed E-state index contributed by atoms with van der Waals surface area (Å²) in [5.74, 6) is 1.53. The summed E-state index contributed by atoms with van der Waals surface area (Å²) < 4.78 is 0. The molecule has 1 saturated carbocycles. The van der Waals surface area contributed by atoms with E-state index in [0.29, 0.717) is 23.9 Å². The van der Waals surface area contributed by atoms with Crippen molar-refractivity contribution < 1.29 is 4.79 Å². The molecule has 20 heavy (non-hydrogen) atoms. The van der Waals surface area contributed by atoms with Gasteiger partial charge < -0.3 is 4.90 Å². The Morgan fingerprint density at radius 3 is 2.40 bits per heavy atom. The number of fused-ring (bicyclic) bond motifs is 2. The van der Waals surface area contributed by atoms with Gasteiger partial charge in [-0.3, -0.25) is 9.69 Å². The second-order valence-corrected chi connectivity index (χ2v) is 6.67. The summed E-state index contributed by atoms with van der Waals surface area (Å²) in [5, 5.41) is 0. The smallest absolute Gasteiger partial charge is 0.225 e. The molecule has 1 aliphatic carbocycles. The maximum Gasteiger partial charge on any atom is 0.225 e. The predicted octanol–water partition coefficient (Wildman–Crippen LogP) is 2.13. The third-order valence-electron chi connectivity index (χ3n) is 5.33. The van der Waals surface area contributed by atoms with E-state index >= 15 is 0 Å². The lowest BCUT2D eigenvalue weighted by molar-refractivity contribution is -0.157. The molecule has 4 fully saturated rings. The van der Waals surface area contributed by atoms with Crippen LogP contribution in [0, 0.1) is 11.8 Å². The summed E-state index contributed by atoms with van der Waals surface area (Å²) in [7, 11) is 0. The van der Waals surface area contributed by atoms with Crippen molar-refractivity contribution >= 4 is 5.91 Å². The molecule has 4 aliphatic rings. The normalized spacial score (nSPS) is 32.9. The van der Waals surface area contributed by atoms with Crippen LogP contribution in [0.5, 0.6) is 0 Å². The number of benzene rings is 1. The highest BCUT2D eigenvalue weighted by Gasteiger charge is 2.52. The Kier molecular flexibility index (Phi) is 2.84. The molecule has 3 saturated heterocycles. The number of carbonyl (C=O) groups is 1. The van der Waals surface area contributed by atoms with Gasteiger partial charge in [-0.05, 0) is 24.3 Å². The number of hydrogen-bond donors (Lipinski definition) is 0. The van der Waals surface area contributed by atoms with E-state index in [1.165, 1.54) is 5.56 Å². The van der Waals surface area contributed by atoms with Crippen molar-refractivity contribution in [3.8, 4) is 0 Å². The predicted molar refractivity (Wildman–Crippen MR) is 78.0 cm³/mol. The molecule has 3 heterocycles. The van der Waals surface area contributed by atoms with E-state index in [9.17, 15) is 4.79 Å². The summed E-state index contributed by atoms with van der Waals surface area (Å²) >= 11 is 0. The zero-order valence-corrected chi connectivity index (χ0v) is 12.0. The highest BCUT2D eigenvalue weighted by atomic mass is 16.2. The molecule has 0 spiro atoms. The van der Waals surface area contributed by atoms with Gasteiger partial charge >= 0.3 is 0 Å². The molecule has 1 aromatic rings. The van der Waals surface area contributed by atoms with Crippen LogP contribution in [-0.2, 0) is 11.3 Å². The molecule has 1 aromatic carbocycles. The highest BCUT2D eigenvalue weighted by Crippen LogP contribution is 2.41. The Morgan fingerprint density at radius 2 is 1.80 bits per heavy atom. The number of nitrogens with zero attached hydrogens (tertiary/aromatic N) is 2. The molecule has 0 N–H and O–H groups in total. The number of amides is 1. The second-order valence-electron chi connectivity index (χ2n) is 6.67. The monoisotopic (exact) mass is 270 g/mol. The van der Waals surface area contributed by atoms with Crippen molar-refractivity contribution in [1.29, 1.82) is 0 Å². The van der Waals surface area contributed by atoms with E-state index in [4.69, 9.17) is 0 Å². The number of rotatable bonds is 3. The Balaban J connectivity index is 1.43. The average molecular weight is 270 g/mol. The fraction of sp³-hybridized carbons (Fsp3) is 0.588. The van der Waals surface area contributed by atoms with E-state index in [2.05, 4.69) is 47.1 Å². The second kappa shape index (κ2) is 4.59. The van der Waals surface area contributed by atoms with Crippen molar-refractivity contribution in [2.75, 3.05) is 13.1 Å². The van der Waals surface area contributed by atoms with Crippen LogP contribution in [0.4, 0.5) is 0 Å². The summed E-state index contributed by atoms with van der Waals surface area (Å²) in [5.41, 5.74) is 1.39. The first kappa shape index (κ1) is 12.4. The Labute approximate surface area is 120 Å². The summed E-state index contributed by atoms with van der Waals surface area (Å²) in [6, 6.07) is 11.8. The lowest BCUT2D eigenvalue weighted by Crippen LogP contribution is -2.74. The SMILES string of the molecule is CC1C2CN(C(=O)C3CC3)CC1N2Cc1ccccc1. The van der Waals surface area contributed by atoms with E-state index in [-0.39, 0.29) is 0 Å². The van der Waals surface area contributed by atoms with Crippen LogP contribution in [0.3, 0.4) is 0 Å². The minimum atomic E-state index is 0.366. The summed E-state index contributed by atoms with van der Waals surface area (Å²) in [6.07, 6.45) is 2.24. The van der Waals surface area contributed by atoms with Gasteiger partial charge in [0.25, 0.3) is 0 Å². The van der Waals surface area contributed by atoms with Crippen molar-refractivity contribution in [3.63, 3.8) is 0 Å². The molecule has 0 radical (unpaired) electrons. The largest absolute Gasteiger partial charge is 0.339 e. The first-order valence-electron chi connectivity index (χ1n) is 7.82. The number of piperidine rings is 1. The maximum absolute atomic E-state index is 12.2. The van der Waals surface area contributed by atoms with Crippen LogP contribution in [0.25, 0.3) is 0 Å². The van der Waals surface area contributed by atoms with Crippen LogP contribution in [-0.4, -0.2) is 40.9 Å². The van der Waals surface area contributed by atoms with Crippen molar-refractivity contribution in [2.45, 2.75) is 38.4 Å². The number of piperazine rings is 1. The molecule has 3 heteroatoms. The van der Waals surface area contributed by atoms with Crippen LogP contribution >= 0.6 is 0 Å². The lowest BCUT2D eigenvalue weighted by atomic mass is 9.76. The van der Waals surface area contributed by atoms with Gasteiger partial charge in [0.2, 0.25) is 5.91 Å². The Morgan fingerprint density at radius 1 is 1.15 bits per heavy atom. The van der Waals surface area contributed by atoms with Crippen molar-refractivity contribution in [2.24, 2.45) is 11.8 Å². The zero-order valence-electron chi connectivity index (χ0n) is 12.0. The van der Waals surface area contributed by atoms with Gasteiger partial charge in [-0.25, -0.2) is 0 Å². The fourth-order valence-corrected chi connectivity index (χ4v) is 3.87. The first-order valence-corrected chi connectivity index (χ1v) is 7.82. The fourth-order valence-electron chi connectivity index (χ4n) is 3.87. The van der Waals surface area contributed by atoms with Crippen LogP contribution in [0.15, 0.2) is 30.3 Å². The summed E-state index contributed by atoms with van der Waals surface area (Å²) in [4.78, 5) is 16.9. The molecule has 3 aliphatic heterocycles. The molecule has 2 atom stereocenters. The lowest BCUT2D eigenvalue weighted by Gasteiger charge is -2.61. The van der Waals surface area contributed by atoms with Gasteiger partial charge in [0.05, 0.1) is 0 Å². The highest BCUT2D eigenvalue weighted by molar-refractivity contribution is 5.81. The van der Waals surface area contributed by atoms with E-state index in [1.54, 1.807) is 0 Å². The van der Waals surface area contributed by atoms with Gasteiger partial charge in [0.15, 0.2) is 0 Å². The maximum atomic E-state index is 12.2. The minimum Gasteiger partial charge on any atom is -0.339 e. The average Bonchev–Trinajstić information content (AvgIpc) is 3.33. The molecule has 2 bridgehead atoms. The zero-order chi connectivity index (χ0) is 13.7. The molecule has 0 aromatic heterocycles. The van der Waals surface area contributed by atoms with Gasteiger partial charge in [-0.2, -0.15) is 0 Å². The van der Waals surface area contributed by atoms with Crippen LogP contribution < -0.4 is 0 Å². The molecule has 3 nitrogen and oxygen atoms in total. The molecule has 5 rings (SSSR count). The quantitative estimate of drug-likeness (QED) is 0.840. The minimum absolute atomic E-state index is 0.366. The molecular weight excluding hydrogens is 248 g/mol. The van der Waals surface area contributed by atoms with E-state index in [1.807, 2.05) is 0 Å². The van der Waals surface area contributed by atoms with E-state index < -0.39 is 0 Å². The van der Waals surface area contributed by atoms with E-state index in [0.717, 1.165) is 38.4 Å². The number of carbonyl (C=O) groups excluding carboxylic acids is 1. The summed E-state index contributed by atoms with van der Waals surface area (Å²) in [6.45, 7) is 5.27. The first-order chi connectivity index (χ1) is 9.74. The molecule has 2 unspecified atom stereocenters. The number of hydrogen-bond acceptors (Lipinski definition) is 2. The van der Waals surface area contributed by atoms with Gasteiger partial charge in [-0.1, -0.05) is 37.3 Å². The standard InChI is InChI=1S/C17H22N2O/c1-12-15-10-18(17(20)14-7-8-14)11-16(12)19(15)9-13-5-3-2-4-6-13/h2-6,12,14-16H,7-11H2,1H3. The van der Waals surface area contributed by atoms with Crippen LogP contribution in [0.2, 0.25) is 0 Å². The third-order valence-corrected chi connectivity index (χ3v) is 5.33. The van der Waals surface area contributed by atoms with Crippen LogP contribution in [0.1, 0.15) is 25.3 Å². The van der Waals surface area contributed by atoms with Crippen molar-refractivity contribution in [3.05, 3.63) is 35.9 Å². The van der Waals surface area contributed by atoms with Gasteiger partial charge in [0, 0.05) is 37.6 Å². The van der Waals surface area contributed by atoms with Gasteiger partial charge in [0.1, 0.15) is 0 Å². The van der Waals surface area contributed by atoms with Crippen molar-refractivity contribution in [1.82, 2.24) is 9.80 Å². The molecular formula is C17H22N2O. The Bertz CT molecular complexity index is 497. The topological polar surface area (TPSA) is 23.6 Å². The van der Waals surface area contributed by atoms with Gasteiger partial charge in [-0.15, -0.1) is 0 Å². The molecule has 1 amide bonds. The third kappa shape index (κ3) is 1.96.